The third-order valence-electron chi connectivity index (χ3n) is 2.49. The molecule has 0 N–H and O–H groups in total. The number of benzene rings is 1. The van der Waals surface area contributed by atoms with Gasteiger partial charge in [-0.15, -0.1) is 10.2 Å². The topological polar surface area (TPSA) is 38.9 Å². The molecule has 5 heteroatoms. The van der Waals surface area contributed by atoms with E-state index in [1.807, 2.05) is 25.1 Å². The Labute approximate surface area is 113 Å². The molecular formula is C12H12BrClN2O. The van der Waals surface area contributed by atoms with Gasteiger partial charge in [-0.25, -0.2) is 0 Å². The molecule has 0 saturated heterocycles. The van der Waals surface area contributed by atoms with Gasteiger partial charge in [0.2, 0.25) is 11.8 Å². The minimum atomic E-state index is 0.108. The number of rotatable bonds is 3. The van der Waals surface area contributed by atoms with Crippen LogP contribution >= 0.6 is 27.5 Å². The van der Waals surface area contributed by atoms with Crippen LogP contribution in [0.3, 0.4) is 0 Å². The number of hydrogen-bond donors (Lipinski definition) is 0. The molecule has 0 spiro atoms. The number of hydrogen-bond acceptors (Lipinski definition) is 3. The van der Waals surface area contributed by atoms with Crippen molar-refractivity contribution in [3.05, 3.63) is 34.7 Å². The van der Waals surface area contributed by atoms with Crippen LogP contribution in [0.15, 0.2) is 22.6 Å². The lowest BCUT2D eigenvalue weighted by Crippen LogP contribution is -1.86. The van der Waals surface area contributed by atoms with Crippen LogP contribution in [-0.2, 0) is 0 Å². The smallest absolute Gasteiger partial charge is 0.248 e. The highest BCUT2D eigenvalue weighted by Gasteiger charge is 2.15. The molecule has 0 fully saturated rings. The summed E-state index contributed by atoms with van der Waals surface area (Å²) in [4.78, 5) is 0.108. The fraction of sp³-hybridized carbons (Fsp3) is 0.333. The van der Waals surface area contributed by atoms with E-state index in [9.17, 15) is 0 Å². The standard InChI is InChI=1S/C12H12BrClN2O/c1-3-10(13)12-16-15-11(17-12)9-5-4-8(14)6-7(9)2/h4-6,10H,3H2,1-2H3. The maximum Gasteiger partial charge on any atom is 0.248 e. The number of aromatic nitrogens is 2. The lowest BCUT2D eigenvalue weighted by Gasteiger charge is -2.01. The Hall–Kier alpha value is -0.870. The normalized spacial score (nSPS) is 12.7. The van der Waals surface area contributed by atoms with Crippen molar-refractivity contribution in [2.24, 2.45) is 0 Å². The molecule has 2 aromatic rings. The van der Waals surface area contributed by atoms with E-state index in [1.54, 1.807) is 0 Å². The van der Waals surface area contributed by atoms with Gasteiger partial charge in [0.25, 0.3) is 0 Å². The average Bonchev–Trinajstić information content (AvgIpc) is 2.77. The van der Waals surface area contributed by atoms with E-state index < -0.39 is 0 Å². The zero-order valence-corrected chi connectivity index (χ0v) is 11.9. The highest BCUT2D eigenvalue weighted by atomic mass is 79.9. The second kappa shape index (κ2) is 5.19. The van der Waals surface area contributed by atoms with E-state index in [0.717, 1.165) is 17.5 Å². The van der Waals surface area contributed by atoms with Crippen molar-refractivity contribution in [1.29, 1.82) is 0 Å². The minimum Gasteiger partial charge on any atom is -0.419 e. The van der Waals surface area contributed by atoms with Crippen molar-refractivity contribution < 1.29 is 4.42 Å². The highest BCUT2D eigenvalue weighted by Crippen LogP contribution is 2.29. The van der Waals surface area contributed by atoms with Crippen LogP contribution in [-0.4, -0.2) is 10.2 Å². The van der Waals surface area contributed by atoms with Gasteiger partial charge in [-0.1, -0.05) is 34.5 Å². The van der Waals surface area contributed by atoms with Crippen LogP contribution in [0.5, 0.6) is 0 Å². The van der Waals surface area contributed by atoms with Crippen molar-refractivity contribution in [3.63, 3.8) is 0 Å². The van der Waals surface area contributed by atoms with Crippen LogP contribution in [0.25, 0.3) is 11.5 Å². The van der Waals surface area contributed by atoms with Gasteiger partial charge in [-0.2, -0.15) is 0 Å². The van der Waals surface area contributed by atoms with Crippen LogP contribution in [0.4, 0.5) is 0 Å². The predicted molar refractivity (Wildman–Crippen MR) is 71.4 cm³/mol. The largest absolute Gasteiger partial charge is 0.419 e. The van der Waals surface area contributed by atoms with Crippen LogP contribution < -0.4 is 0 Å². The summed E-state index contributed by atoms with van der Waals surface area (Å²) in [5.74, 6) is 1.14. The van der Waals surface area contributed by atoms with Gasteiger partial charge in [0, 0.05) is 10.6 Å². The molecule has 0 aliphatic carbocycles. The maximum absolute atomic E-state index is 5.91. The van der Waals surface area contributed by atoms with E-state index >= 15 is 0 Å². The monoisotopic (exact) mass is 314 g/mol. The summed E-state index contributed by atoms with van der Waals surface area (Å²) in [6.45, 7) is 4.02. The fourth-order valence-electron chi connectivity index (χ4n) is 1.51. The third-order valence-corrected chi connectivity index (χ3v) is 3.76. The van der Waals surface area contributed by atoms with E-state index in [0.29, 0.717) is 16.8 Å². The van der Waals surface area contributed by atoms with Crippen molar-refractivity contribution in [3.8, 4) is 11.5 Å². The van der Waals surface area contributed by atoms with Gasteiger partial charge in [-0.05, 0) is 37.1 Å². The van der Waals surface area contributed by atoms with Crippen molar-refractivity contribution in [2.75, 3.05) is 0 Å². The third kappa shape index (κ3) is 2.69. The average molecular weight is 316 g/mol. The molecule has 1 unspecified atom stereocenters. The summed E-state index contributed by atoms with van der Waals surface area (Å²) in [7, 11) is 0. The summed E-state index contributed by atoms with van der Waals surface area (Å²) in [6, 6.07) is 5.59. The van der Waals surface area contributed by atoms with Gasteiger partial charge in [0.15, 0.2) is 0 Å². The van der Waals surface area contributed by atoms with Gasteiger partial charge in [0.1, 0.15) is 0 Å². The van der Waals surface area contributed by atoms with Crippen LogP contribution in [0.1, 0.15) is 29.6 Å². The SMILES string of the molecule is CCC(Br)c1nnc(-c2ccc(Cl)cc2C)o1. The van der Waals surface area contributed by atoms with E-state index in [4.69, 9.17) is 16.0 Å². The van der Waals surface area contributed by atoms with Crippen molar-refractivity contribution >= 4 is 27.5 Å². The maximum atomic E-state index is 5.91. The zero-order chi connectivity index (χ0) is 12.4. The number of nitrogens with zero attached hydrogens (tertiary/aromatic N) is 2. The molecule has 0 saturated carbocycles. The summed E-state index contributed by atoms with van der Waals surface area (Å²) >= 11 is 9.39. The Bertz CT molecular complexity index is 527. The second-order valence-electron chi connectivity index (χ2n) is 3.78. The minimum absolute atomic E-state index is 0.108. The molecule has 0 bridgehead atoms. The van der Waals surface area contributed by atoms with Gasteiger partial charge < -0.3 is 4.42 Å². The van der Waals surface area contributed by atoms with Crippen LogP contribution in [0.2, 0.25) is 5.02 Å². The fourth-order valence-corrected chi connectivity index (χ4v) is 1.92. The Kier molecular flexibility index (Phi) is 3.84. The quantitative estimate of drug-likeness (QED) is 0.780. The first-order valence-corrected chi connectivity index (χ1v) is 6.65. The number of alkyl halides is 1. The molecule has 1 aromatic heterocycles. The van der Waals surface area contributed by atoms with Crippen molar-refractivity contribution in [2.45, 2.75) is 25.1 Å². The molecule has 1 heterocycles. The molecule has 0 aliphatic rings. The Balaban J connectivity index is 2.37. The second-order valence-corrected chi connectivity index (χ2v) is 5.32. The molecule has 17 heavy (non-hydrogen) atoms. The molecule has 0 aliphatic heterocycles. The highest BCUT2D eigenvalue weighted by molar-refractivity contribution is 9.09. The van der Waals surface area contributed by atoms with Crippen LogP contribution in [0, 0.1) is 6.92 Å². The molecule has 3 nitrogen and oxygen atoms in total. The zero-order valence-electron chi connectivity index (χ0n) is 9.58. The molecule has 2 rings (SSSR count). The Morgan fingerprint density at radius 2 is 2.18 bits per heavy atom. The van der Waals surface area contributed by atoms with E-state index in [-0.39, 0.29) is 4.83 Å². The predicted octanol–water partition coefficient (Wildman–Crippen LogP) is 4.54. The molecule has 1 atom stereocenters. The summed E-state index contributed by atoms with van der Waals surface area (Å²) < 4.78 is 5.63. The summed E-state index contributed by atoms with van der Waals surface area (Å²) in [5.41, 5.74) is 1.94. The molecule has 90 valence electrons. The first-order chi connectivity index (χ1) is 8.11. The van der Waals surface area contributed by atoms with Gasteiger partial charge in [-0.3, -0.25) is 0 Å². The number of aryl methyl sites for hydroxylation is 1. The van der Waals surface area contributed by atoms with Gasteiger partial charge in [0.05, 0.1) is 4.83 Å². The van der Waals surface area contributed by atoms with Crippen molar-refractivity contribution in [1.82, 2.24) is 10.2 Å². The van der Waals surface area contributed by atoms with E-state index in [2.05, 4.69) is 33.1 Å². The molecular weight excluding hydrogens is 304 g/mol. The number of halogens is 2. The van der Waals surface area contributed by atoms with E-state index in [1.165, 1.54) is 0 Å². The first kappa shape index (κ1) is 12.6. The molecule has 0 amide bonds. The first-order valence-electron chi connectivity index (χ1n) is 5.35. The Morgan fingerprint density at radius 3 is 2.82 bits per heavy atom. The lowest BCUT2D eigenvalue weighted by atomic mass is 10.1. The van der Waals surface area contributed by atoms with Gasteiger partial charge >= 0.3 is 0 Å². The Morgan fingerprint density at radius 1 is 1.41 bits per heavy atom. The summed E-state index contributed by atoms with van der Waals surface area (Å²) in [5, 5.41) is 8.79. The summed E-state index contributed by atoms with van der Waals surface area (Å²) in [6.07, 6.45) is 0.904. The lowest BCUT2D eigenvalue weighted by molar-refractivity contribution is 0.500. The molecule has 0 radical (unpaired) electrons. The molecule has 1 aromatic carbocycles.